The first-order valence-electron chi connectivity index (χ1n) is 6.84. The van der Waals surface area contributed by atoms with E-state index in [0.717, 1.165) is 37.0 Å². The number of hydrogen-bond acceptors (Lipinski definition) is 3. The van der Waals surface area contributed by atoms with Crippen molar-refractivity contribution in [2.45, 2.75) is 49.9 Å². The SMILES string of the molecule is CNC1C2CC3CC1CC(O)(C3)C2.O=C(O)C(F)(F)F. The fraction of sp³-hybridized carbons (Fsp3) is 0.923. The Labute approximate surface area is 115 Å². The third kappa shape index (κ3) is 3.09. The summed E-state index contributed by atoms with van der Waals surface area (Å²) in [4.78, 5) is 8.90. The third-order valence-corrected chi connectivity index (χ3v) is 4.82. The number of hydrogen-bond donors (Lipinski definition) is 3. The lowest BCUT2D eigenvalue weighted by atomic mass is 9.52. The molecule has 0 radical (unpaired) electrons. The van der Waals surface area contributed by atoms with E-state index >= 15 is 0 Å². The fourth-order valence-corrected chi connectivity index (χ4v) is 4.45. The highest BCUT2D eigenvalue weighted by Crippen LogP contribution is 2.55. The van der Waals surface area contributed by atoms with Gasteiger partial charge in [0.15, 0.2) is 0 Å². The number of aliphatic hydroxyl groups is 1. The summed E-state index contributed by atoms with van der Waals surface area (Å²) in [7, 11) is 2.08. The molecule has 4 bridgehead atoms. The highest BCUT2D eigenvalue weighted by atomic mass is 19.4. The van der Waals surface area contributed by atoms with Crippen LogP contribution in [0.5, 0.6) is 0 Å². The molecule has 0 aliphatic heterocycles. The van der Waals surface area contributed by atoms with Crippen LogP contribution in [0.25, 0.3) is 0 Å². The van der Waals surface area contributed by atoms with Gasteiger partial charge in [0.1, 0.15) is 0 Å². The maximum absolute atomic E-state index is 10.6. The van der Waals surface area contributed by atoms with Crippen molar-refractivity contribution in [2.75, 3.05) is 7.05 Å². The molecule has 20 heavy (non-hydrogen) atoms. The molecule has 2 atom stereocenters. The van der Waals surface area contributed by atoms with E-state index in [1.807, 2.05) is 0 Å². The Morgan fingerprint density at radius 2 is 1.65 bits per heavy atom. The van der Waals surface area contributed by atoms with E-state index in [9.17, 15) is 18.3 Å². The lowest BCUT2D eigenvalue weighted by Gasteiger charge is -2.58. The van der Waals surface area contributed by atoms with Crippen LogP contribution >= 0.6 is 0 Å². The largest absolute Gasteiger partial charge is 0.490 e. The molecule has 7 heteroatoms. The smallest absolute Gasteiger partial charge is 0.475 e. The van der Waals surface area contributed by atoms with Crippen LogP contribution in [0.15, 0.2) is 0 Å². The Kier molecular flexibility index (Phi) is 4.03. The number of rotatable bonds is 1. The highest BCUT2D eigenvalue weighted by Gasteiger charge is 2.54. The summed E-state index contributed by atoms with van der Waals surface area (Å²) >= 11 is 0. The van der Waals surface area contributed by atoms with Gasteiger partial charge in [-0.1, -0.05) is 0 Å². The van der Waals surface area contributed by atoms with E-state index < -0.39 is 12.1 Å². The molecule has 0 aromatic rings. The molecule has 0 amide bonds. The van der Waals surface area contributed by atoms with Gasteiger partial charge in [-0.05, 0) is 56.9 Å². The van der Waals surface area contributed by atoms with Gasteiger partial charge in [-0.2, -0.15) is 13.2 Å². The Bertz CT molecular complexity index is 370. The average molecular weight is 295 g/mol. The summed E-state index contributed by atoms with van der Waals surface area (Å²) in [6.45, 7) is 0. The van der Waals surface area contributed by atoms with E-state index in [0.29, 0.717) is 6.04 Å². The van der Waals surface area contributed by atoms with Crippen LogP contribution in [0.1, 0.15) is 32.1 Å². The molecule has 0 spiro atoms. The molecule has 4 fully saturated rings. The highest BCUT2D eigenvalue weighted by molar-refractivity contribution is 5.73. The normalized spacial score (nSPS) is 42.0. The number of carboxylic acids is 1. The monoisotopic (exact) mass is 295 g/mol. The van der Waals surface area contributed by atoms with Crippen molar-refractivity contribution >= 4 is 5.97 Å². The fourth-order valence-electron chi connectivity index (χ4n) is 4.45. The number of carbonyl (C=O) groups is 1. The van der Waals surface area contributed by atoms with Crippen molar-refractivity contribution in [1.82, 2.24) is 5.32 Å². The first-order chi connectivity index (χ1) is 9.14. The van der Waals surface area contributed by atoms with E-state index in [1.54, 1.807) is 0 Å². The van der Waals surface area contributed by atoms with Crippen molar-refractivity contribution in [3.05, 3.63) is 0 Å². The third-order valence-electron chi connectivity index (χ3n) is 4.82. The summed E-state index contributed by atoms with van der Waals surface area (Å²) in [6.07, 6.45) is 0.863. The summed E-state index contributed by atoms with van der Waals surface area (Å²) in [6, 6.07) is 0.705. The van der Waals surface area contributed by atoms with Crippen LogP contribution in [-0.4, -0.2) is 41.0 Å². The molecule has 4 nitrogen and oxygen atoms in total. The van der Waals surface area contributed by atoms with Crippen LogP contribution in [0.2, 0.25) is 0 Å². The summed E-state index contributed by atoms with van der Waals surface area (Å²) in [5.74, 6) is -0.387. The predicted molar refractivity (Wildman–Crippen MR) is 65.0 cm³/mol. The Morgan fingerprint density at radius 1 is 1.20 bits per heavy atom. The van der Waals surface area contributed by atoms with E-state index in [-0.39, 0.29) is 5.60 Å². The van der Waals surface area contributed by atoms with Gasteiger partial charge in [0, 0.05) is 6.04 Å². The van der Waals surface area contributed by atoms with E-state index in [4.69, 9.17) is 9.90 Å². The molecule has 4 rings (SSSR count). The average Bonchev–Trinajstić information content (AvgIpc) is 2.25. The molecule has 4 saturated carbocycles. The maximum atomic E-state index is 10.6. The van der Waals surface area contributed by atoms with Crippen molar-refractivity contribution in [2.24, 2.45) is 17.8 Å². The van der Waals surface area contributed by atoms with E-state index in [1.165, 1.54) is 12.8 Å². The number of halogens is 3. The summed E-state index contributed by atoms with van der Waals surface area (Å²) in [5.41, 5.74) is -0.260. The zero-order chi connectivity index (χ0) is 15.1. The molecule has 116 valence electrons. The second-order valence-electron chi connectivity index (χ2n) is 6.31. The number of alkyl halides is 3. The van der Waals surface area contributed by atoms with Gasteiger partial charge >= 0.3 is 12.1 Å². The van der Waals surface area contributed by atoms with Crippen molar-refractivity contribution in [1.29, 1.82) is 0 Å². The Hall–Kier alpha value is -0.820. The quantitative estimate of drug-likeness (QED) is 0.689. The van der Waals surface area contributed by atoms with Gasteiger partial charge in [0.2, 0.25) is 0 Å². The molecule has 4 aliphatic carbocycles. The first kappa shape index (κ1) is 15.6. The second kappa shape index (κ2) is 5.18. The summed E-state index contributed by atoms with van der Waals surface area (Å²) < 4.78 is 31.7. The lowest BCUT2D eigenvalue weighted by Crippen LogP contribution is -2.60. The maximum Gasteiger partial charge on any atom is 0.490 e. The zero-order valence-corrected chi connectivity index (χ0v) is 11.3. The zero-order valence-electron chi connectivity index (χ0n) is 11.3. The van der Waals surface area contributed by atoms with Crippen LogP contribution in [0.3, 0.4) is 0 Å². The minimum absolute atomic E-state index is 0.260. The van der Waals surface area contributed by atoms with Gasteiger partial charge in [-0.3, -0.25) is 0 Å². The minimum Gasteiger partial charge on any atom is -0.475 e. The van der Waals surface area contributed by atoms with E-state index in [2.05, 4.69) is 12.4 Å². The molecular weight excluding hydrogens is 275 g/mol. The van der Waals surface area contributed by atoms with Gasteiger partial charge < -0.3 is 15.5 Å². The van der Waals surface area contributed by atoms with Gasteiger partial charge in [-0.25, -0.2) is 4.79 Å². The molecule has 0 aromatic heterocycles. The molecule has 2 unspecified atom stereocenters. The molecule has 0 aromatic carbocycles. The standard InChI is InChI=1S/C11H19NO.C2HF3O2/c1-12-10-8-2-7-3-9(10)6-11(13,4-7)5-8;3-2(4,5)1(6)7/h7-10,12-13H,2-6H2,1H3;(H,6,7). The van der Waals surface area contributed by atoms with Crippen molar-refractivity contribution < 1.29 is 28.2 Å². The van der Waals surface area contributed by atoms with Crippen LogP contribution in [-0.2, 0) is 4.79 Å². The molecule has 4 aliphatic rings. The second-order valence-corrected chi connectivity index (χ2v) is 6.31. The van der Waals surface area contributed by atoms with Crippen molar-refractivity contribution in [3.8, 4) is 0 Å². The van der Waals surface area contributed by atoms with Crippen molar-refractivity contribution in [3.63, 3.8) is 0 Å². The first-order valence-corrected chi connectivity index (χ1v) is 6.84. The van der Waals surface area contributed by atoms with Gasteiger partial charge in [0.25, 0.3) is 0 Å². The lowest BCUT2D eigenvalue weighted by molar-refractivity contribution is -0.192. The van der Waals surface area contributed by atoms with Crippen LogP contribution in [0, 0.1) is 17.8 Å². The van der Waals surface area contributed by atoms with Crippen LogP contribution < -0.4 is 5.32 Å². The molecule has 3 N–H and O–H groups in total. The van der Waals surface area contributed by atoms with Gasteiger partial charge in [0.05, 0.1) is 5.60 Å². The topological polar surface area (TPSA) is 69.6 Å². The minimum atomic E-state index is -5.08. The Balaban J connectivity index is 0.000000182. The van der Waals surface area contributed by atoms with Crippen LogP contribution in [0.4, 0.5) is 13.2 Å². The number of carboxylic acid groups (broad SMARTS) is 1. The molecule has 0 heterocycles. The predicted octanol–water partition coefficient (Wildman–Crippen LogP) is 1.78. The number of nitrogens with one attached hydrogen (secondary N) is 1. The number of aliphatic carboxylic acids is 1. The van der Waals surface area contributed by atoms with Gasteiger partial charge in [-0.15, -0.1) is 0 Å². The Morgan fingerprint density at radius 3 is 1.95 bits per heavy atom. The summed E-state index contributed by atoms with van der Waals surface area (Å²) in [5, 5.41) is 20.9. The molecule has 0 saturated heterocycles. The molecular formula is C13H20F3NO3.